The third kappa shape index (κ3) is 4.19. The fraction of sp³-hybridized carbons (Fsp3) is 0.391. The van der Waals surface area contributed by atoms with Crippen molar-refractivity contribution in [2.45, 2.75) is 33.6 Å². The molecule has 0 bridgehead atoms. The van der Waals surface area contributed by atoms with Gasteiger partial charge in [-0.1, -0.05) is 35.9 Å². The van der Waals surface area contributed by atoms with Crippen molar-refractivity contribution in [3.63, 3.8) is 0 Å². The molecule has 2 aromatic rings. The molecule has 1 N–H and O–H groups in total. The van der Waals surface area contributed by atoms with Crippen LogP contribution in [0.1, 0.15) is 28.7 Å². The van der Waals surface area contributed by atoms with Gasteiger partial charge >= 0.3 is 0 Å². The van der Waals surface area contributed by atoms with Crippen LogP contribution >= 0.6 is 0 Å². The number of rotatable bonds is 6. The Hall–Kier alpha value is -2.82. The summed E-state index contributed by atoms with van der Waals surface area (Å²) >= 11 is 0. The average molecular weight is 380 g/mol. The number of hydrogen-bond donors (Lipinski definition) is 1. The smallest absolute Gasteiger partial charge is 0.227 e. The van der Waals surface area contributed by atoms with Crippen molar-refractivity contribution in [1.82, 2.24) is 5.32 Å². The van der Waals surface area contributed by atoms with E-state index in [1.807, 2.05) is 45.0 Å². The molecule has 1 aliphatic heterocycles. The number of aryl methyl sites for hydroxylation is 3. The molecule has 0 spiro atoms. The zero-order valence-corrected chi connectivity index (χ0v) is 17.0. The highest BCUT2D eigenvalue weighted by molar-refractivity contribution is 6.01. The lowest BCUT2D eigenvalue weighted by Gasteiger charge is -2.22. The Labute approximate surface area is 166 Å². The number of nitrogens with zero attached hydrogens (tertiary/aromatic N) is 1. The van der Waals surface area contributed by atoms with E-state index in [1.165, 1.54) is 5.56 Å². The van der Waals surface area contributed by atoms with E-state index in [1.54, 1.807) is 12.0 Å². The van der Waals surface area contributed by atoms with Crippen LogP contribution in [0.15, 0.2) is 36.4 Å². The van der Waals surface area contributed by atoms with Gasteiger partial charge in [-0.15, -0.1) is 0 Å². The molecule has 1 atom stereocenters. The lowest BCUT2D eigenvalue weighted by molar-refractivity contribution is -0.126. The van der Waals surface area contributed by atoms with Crippen LogP contribution in [0.4, 0.5) is 5.69 Å². The maximum absolute atomic E-state index is 12.6. The molecule has 5 heteroatoms. The van der Waals surface area contributed by atoms with Crippen LogP contribution < -0.4 is 15.0 Å². The molecule has 0 radical (unpaired) electrons. The summed E-state index contributed by atoms with van der Waals surface area (Å²) in [4.78, 5) is 27.0. The van der Waals surface area contributed by atoms with E-state index >= 15 is 0 Å². The van der Waals surface area contributed by atoms with Crippen molar-refractivity contribution in [2.75, 3.05) is 25.1 Å². The molecule has 2 aromatic carbocycles. The van der Waals surface area contributed by atoms with Gasteiger partial charge in [-0.25, -0.2) is 0 Å². The maximum Gasteiger partial charge on any atom is 0.227 e. The van der Waals surface area contributed by atoms with Crippen molar-refractivity contribution in [1.29, 1.82) is 0 Å². The first-order valence-electron chi connectivity index (χ1n) is 9.68. The number of amides is 2. The molecule has 0 aliphatic carbocycles. The molecule has 148 valence electrons. The number of para-hydroxylation sites is 1. The van der Waals surface area contributed by atoms with E-state index in [0.29, 0.717) is 19.5 Å². The van der Waals surface area contributed by atoms with Gasteiger partial charge in [0, 0.05) is 25.2 Å². The number of ether oxygens (including phenoxy) is 1. The number of carbonyl (C=O) groups is 2. The van der Waals surface area contributed by atoms with E-state index in [0.717, 1.165) is 28.1 Å². The van der Waals surface area contributed by atoms with Crippen molar-refractivity contribution >= 4 is 17.5 Å². The van der Waals surface area contributed by atoms with Crippen molar-refractivity contribution in [3.05, 3.63) is 58.7 Å². The molecule has 1 unspecified atom stereocenters. The zero-order chi connectivity index (χ0) is 20.3. The van der Waals surface area contributed by atoms with E-state index in [9.17, 15) is 9.59 Å². The zero-order valence-electron chi connectivity index (χ0n) is 17.0. The van der Waals surface area contributed by atoms with Gasteiger partial charge in [0.1, 0.15) is 5.75 Å². The Bertz CT molecular complexity index is 868. The standard InChI is InChI=1S/C23H28N2O3/c1-15-11-16(2)22(17(3)12-15)25-14-19(13-21(25)26)23(27)24-10-9-18-7-5-6-8-20(18)28-4/h5-8,11-12,19H,9-10,13-14H2,1-4H3,(H,24,27). The summed E-state index contributed by atoms with van der Waals surface area (Å²) in [6, 6.07) is 12.0. The number of nitrogens with one attached hydrogen (secondary N) is 1. The molecule has 2 amide bonds. The van der Waals surface area contributed by atoms with Gasteiger partial charge in [-0.3, -0.25) is 9.59 Å². The average Bonchev–Trinajstić information content (AvgIpc) is 3.03. The predicted octanol–water partition coefficient (Wildman–Crippen LogP) is 3.33. The molecule has 3 rings (SSSR count). The van der Waals surface area contributed by atoms with Crippen LogP contribution in [0.25, 0.3) is 0 Å². The Kier molecular flexibility index (Phi) is 6.02. The highest BCUT2D eigenvalue weighted by atomic mass is 16.5. The lowest BCUT2D eigenvalue weighted by Crippen LogP contribution is -2.34. The molecule has 5 nitrogen and oxygen atoms in total. The summed E-state index contributed by atoms with van der Waals surface area (Å²) in [5.74, 6) is 0.461. The fourth-order valence-corrected chi connectivity index (χ4v) is 4.07. The second-order valence-corrected chi connectivity index (χ2v) is 7.51. The van der Waals surface area contributed by atoms with Crippen molar-refractivity contribution in [3.8, 4) is 5.75 Å². The number of methoxy groups -OCH3 is 1. The first-order chi connectivity index (χ1) is 13.4. The topological polar surface area (TPSA) is 58.6 Å². The molecule has 1 heterocycles. The summed E-state index contributed by atoms with van der Waals surface area (Å²) in [6.45, 7) is 7.04. The van der Waals surface area contributed by atoms with Gasteiger partial charge in [0.25, 0.3) is 0 Å². The van der Waals surface area contributed by atoms with Gasteiger partial charge in [0.05, 0.1) is 13.0 Å². The van der Waals surface area contributed by atoms with Crippen LogP contribution in [0.3, 0.4) is 0 Å². The van der Waals surface area contributed by atoms with Gasteiger partial charge in [-0.05, 0) is 49.9 Å². The predicted molar refractivity (Wildman–Crippen MR) is 111 cm³/mol. The summed E-state index contributed by atoms with van der Waals surface area (Å²) in [5.41, 5.74) is 5.32. The highest BCUT2D eigenvalue weighted by Crippen LogP contribution is 2.31. The number of anilines is 1. The Morgan fingerprint density at radius 3 is 2.54 bits per heavy atom. The normalized spacial score (nSPS) is 16.4. The quantitative estimate of drug-likeness (QED) is 0.836. The SMILES string of the molecule is COc1ccccc1CCNC(=O)C1CC(=O)N(c2c(C)cc(C)cc2C)C1. The molecule has 1 fully saturated rings. The van der Waals surface area contributed by atoms with Gasteiger partial charge in [0.15, 0.2) is 0 Å². The molecule has 0 saturated carbocycles. The Morgan fingerprint density at radius 2 is 1.86 bits per heavy atom. The minimum absolute atomic E-state index is 0.0138. The van der Waals surface area contributed by atoms with Gasteiger partial charge < -0.3 is 15.0 Å². The van der Waals surface area contributed by atoms with Crippen LogP contribution in [0.2, 0.25) is 0 Å². The molecule has 28 heavy (non-hydrogen) atoms. The summed E-state index contributed by atoms with van der Waals surface area (Å²) in [7, 11) is 1.64. The second-order valence-electron chi connectivity index (χ2n) is 7.51. The second kappa shape index (κ2) is 8.46. The number of carbonyl (C=O) groups excluding carboxylic acids is 2. The Balaban J connectivity index is 1.61. The maximum atomic E-state index is 12.6. The van der Waals surface area contributed by atoms with Crippen molar-refractivity contribution < 1.29 is 14.3 Å². The minimum atomic E-state index is -0.315. The van der Waals surface area contributed by atoms with Crippen LogP contribution in [-0.2, 0) is 16.0 Å². The van der Waals surface area contributed by atoms with Crippen LogP contribution in [0.5, 0.6) is 5.75 Å². The largest absolute Gasteiger partial charge is 0.496 e. The fourth-order valence-electron chi connectivity index (χ4n) is 4.07. The third-order valence-corrected chi connectivity index (χ3v) is 5.29. The van der Waals surface area contributed by atoms with E-state index < -0.39 is 0 Å². The summed E-state index contributed by atoms with van der Waals surface area (Å²) in [6.07, 6.45) is 0.948. The first kappa shape index (κ1) is 19.9. The molecular weight excluding hydrogens is 352 g/mol. The molecule has 1 saturated heterocycles. The number of benzene rings is 2. The summed E-state index contributed by atoms with van der Waals surface area (Å²) in [5, 5.41) is 2.98. The molecule has 0 aromatic heterocycles. The van der Waals surface area contributed by atoms with Crippen LogP contribution in [0, 0.1) is 26.7 Å². The monoisotopic (exact) mass is 380 g/mol. The van der Waals surface area contributed by atoms with E-state index in [2.05, 4.69) is 17.4 Å². The molecular formula is C23H28N2O3. The lowest BCUT2D eigenvalue weighted by atomic mass is 10.0. The van der Waals surface area contributed by atoms with Gasteiger partial charge in [-0.2, -0.15) is 0 Å². The van der Waals surface area contributed by atoms with E-state index in [4.69, 9.17) is 4.74 Å². The number of hydrogen-bond acceptors (Lipinski definition) is 3. The summed E-state index contributed by atoms with van der Waals surface area (Å²) < 4.78 is 5.35. The van der Waals surface area contributed by atoms with Crippen molar-refractivity contribution in [2.24, 2.45) is 5.92 Å². The van der Waals surface area contributed by atoms with Gasteiger partial charge in [0.2, 0.25) is 11.8 Å². The van der Waals surface area contributed by atoms with Crippen LogP contribution in [-0.4, -0.2) is 32.0 Å². The first-order valence-corrected chi connectivity index (χ1v) is 9.68. The highest BCUT2D eigenvalue weighted by Gasteiger charge is 2.36. The van der Waals surface area contributed by atoms with E-state index in [-0.39, 0.29) is 24.2 Å². The Morgan fingerprint density at radius 1 is 1.18 bits per heavy atom. The molecule has 1 aliphatic rings. The minimum Gasteiger partial charge on any atom is -0.496 e. The third-order valence-electron chi connectivity index (χ3n) is 5.29.